The van der Waals surface area contributed by atoms with Crippen molar-refractivity contribution < 1.29 is 4.79 Å². The first kappa shape index (κ1) is 15.4. The fraction of sp³-hybridized carbons (Fsp3) is 0.786. The first-order chi connectivity index (χ1) is 7.54. The Morgan fingerprint density at radius 3 is 2.19 bits per heavy atom. The van der Waals surface area contributed by atoms with Gasteiger partial charge in [0.25, 0.3) is 0 Å². The van der Waals surface area contributed by atoms with Crippen LogP contribution < -0.4 is 5.73 Å². The topological polar surface area (TPSA) is 43.1 Å². The Bertz CT molecular complexity index is 209. The zero-order valence-electron chi connectivity index (χ0n) is 10.9. The highest BCUT2D eigenvalue weighted by Gasteiger charge is 2.24. The van der Waals surface area contributed by atoms with Crippen molar-refractivity contribution in [1.29, 1.82) is 0 Å². The van der Waals surface area contributed by atoms with Crippen molar-refractivity contribution >= 4 is 5.78 Å². The molecule has 2 heteroatoms. The molecule has 1 atom stereocenters. The highest BCUT2D eigenvalue weighted by molar-refractivity contribution is 5.96. The lowest BCUT2D eigenvalue weighted by Gasteiger charge is -2.20. The average molecular weight is 225 g/mol. The van der Waals surface area contributed by atoms with Gasteiger partial charge in [-0.1, -0.05) is 58.4 Å². The van der Waals surface area contributed by atoms with E-state index in [2.05, 4.69) is 13.5 Å². The molecule has 0 amide bonds. The van der Waals surface area contributed by atoms with Gasteiger partial charge in [0.2, 0.25) is 0 Å². The highest BCUT2D eigenvalue weighted by atomic mass is 16.1. The summed E-state index contributed by atoms with van der Waals surface area (Å²) in [7, 11) is 0. The molecular weight excluding hydrogens is 198 g/mol. The summed E-state index contributed by atoms with van der Waals surface area (Å²) >= 11 is 0. The summed E-state index contributed by atoms with van der Waals surface area (Å²) in [6.07, 6.45) is 10.9. The molecule has 0 spiro atoms. The van der Waals surface area contributed by atoms with E-state index in [0.717, 1.165) is 12.8 Å². The summed E-state index contributed by atoms with van der Waals surface area (Å²) in [6, 6.07) is 0. The van der Waals surface area contributed by atoms with Crippen LogP contribution in [-0.2, 0) is 4.79 Å². The lowest BCUT2D eigenvalue weighted by molar-refractivity contribution is -0.119. The van der Waals surface area contributed by atoms with E-state index >= 15 is 0 Å². The second-order valence-electron chi connectivity index (χ2n) is 4.86. The first-order valence-corrected chi connectivity index (χ1v) is 6.50. The standard InChI is InChI=1S/C14H27NO/c1-4-6-7-8-9-10-11-12-14(3,15)13(16)5-2/h5H,2,4,6-12,15H2,1,3H3. The lowest BCUT2D eigenvalue weighted by atomic mass is 9.90. The predicted octanol–water partition coefficient (Wildman–Crippen LogP) is 3.60. The number of hydrogen-bond donors (Lipinski definition) is 1. The zero-order valence-corrected chi connectivity index (χ0v) is 10.9. The van der Waals surface area contributed by atoms with Crippen LogP contribution in [0.5, 0.6) is 0 Å². The maximum Gasteiger partial charge on any atom is 0.174 e. The number of carbonyl (C=O) groups excluding carboxylic acids is 1. The number of ketones is 1. The number of rotatable bonds is 10. The zero-order chi connectivity index (χ0) is 12.4. The van der Waals surface area contributed by atoms with Crippen molar-refractivity contribution in [1.82, 2.24) is 0 Å². The molecule has 0 radical (unpaired) electrons. The van der Waals surface area contributed by atoms with E-state index in [1.165, 1.54) is 44.6 Å². The quantitative estimate of drug-likeness (QED) is 0.456. The molecule has 0 fully saturated rings. The van der Waals surface area contributed by atoms with Crippen LogP contribution in [-0.4, -0.2) is 11.3 Å². The van der Waals surface area contributed by atoms with Gasteiger partial charge in [-0.3, -0.25) is 4.79 Å². The minimum absolute atomic E-state index is 0.0431. The summed E-state index contributed by atoms with van der Waals surface area (Å²) in [6.45, 7) is 7.50. The largest absolute Gasteiger partial charge is 0.319 e. The van der Waals surface area contributed by atoms with E-state index in [1.807, 2.05) is 0 Å². The third kappa shape index (κ3) is 6.78. The van der Waals surface area contributed by atoms with Gasteiger partial charge in [-0.05, 0) is 19.4 Å². The van der Waals surface area contributed by atoms with Crippen LogP contribution in [0, 0.1) is 0 Å². The molecule has 1 unspecified atom stereocenters. The van der Waals surface area contributed by atoms with Crippen molar-refractivity contribution in [3.05, 3.63) is 12.7 Å². The molecule has 16 heavy (non-hydrogen) atoms. The maximum atomic E-state index is 11.4. The molecule has 0 aromatic heterocycles. The summed E-state index contributed by atoms with van der Waals surface area (Å²) in [5.41, 5.74) is 5.21. The summed E-state index contributed by atoms with van der Waals surface area (Å²) in [5, 5.41) is 0. The monoisotopic (exact) mass is 225 g/mol. The van der Waals surface area contributed by atoms with Crippen molar-refractivity contribution in [2.24, 2.45) is 5.73 Å². The SMILES string of the molecule is C=CC(=O)C(C)(N)CCCCCCCCC. The average Bonchev–Trinajstić information content (AvgIpc) is 2.26. The van der Waals surface area contributed by atoms with Crippen LogP contribution in [0.15, 0.2) is 12.7 Å². The van der Waals surface area contributed by atoms with Crippen LogP contribution in [0.2, 0.25) is 0 Å². The van der Waals surface area contributed by atoms with Gasteiger partial charge < -0.3 is 5.73 Å². The molecule has 0 aromatic rings. The van der Waals surface area contributed by atoms with Crippen LogP contribution in [0.4, 0.5) is 0 Å². The molecule has 0 aliphatic rings. The molecule has 0 saturated heterocycles. The van der Waals surface area contributed by atoms with Crippen LogP contribution in [0.1, 0.15) is 65.2 Å². The molecule has 2 nitrogen and oxygen atoms in total. The molecule has 0 aromatic carbocycles. The van der Waals surface area contributed by atoms with Crippen molar-refractivity contribution in [3.63, 3.8) is 0 Å². The van der Waals surface area contributed by atoms with Gasteiger partial charge in [0.15, 0.2) is 5.78 Å². The fourth-order valence-electron chi connectivity index (χ4n) is 1.81. The Morgan fingerprint density at radius 2 is 1.69 bits per heavy atom. The third-order valence-electron chi connectivity index (χ3n) is 3.05. The second-order valence-corrected chi connectivity index (χ2v) is 4.86. The molecule has 0 bridgehead atoms. The van der Waals surface area contributed by atoms with Gasteiger partial charge in [-0.25, -0.2) is 0 Å². The van der Waals surface area contributed by atoms with Gasteiger partial charge in [0, 0.05) is 0 Å². The van der Waals surface area contributed by atoms with Crippen LogP contribution >= 0.6 is 0 Å². The lowest BCUT2D eigenvalue weighted by Crippen LogP contribution is -2.43. The van der Waals surface area contributed by atoms with Gasteiger partial charge in [0.1, 0.15) is 0 Å². The van der Waals surface area contributed by atoms with E-state index in [4.69, 9.17) is 5.73 Å². The van der Waals surface area contributed by atoms with E-state index in [-0.39, 0.29) is 5.78 Å². The van der Waals surface area contributed by atoms with E-state index in [9.17, 15) is 4.79 Å². The fourth-order valence-corrected chi connectivity index (χ4v) is 1.81. The van der Waals surface area contributed by atoms with Gasteiger partial charge in [-0.2, -0.15) is 0 Å². The second kappa shape index (κ2) is 8.51. The number of unbranched alkanes of at least 4 members (excludes halogenated alkanes) is 6. The van der Waals surface area contributed by atoms with Crippen molar-refractivity contribution in [2.45, 2.75) is 70.8 Å². The Labute approximate surface area is 100 Å². The molecular formula is C14H27NO. The smallest absolute Gasteiger partial charge is 0.174 e. The minimum atomic E-state index is -0.703. The Balaban J connectivity index is 3.50. The number of carbonyl (C=O) groups is 1. The summed E-state index contributed by atoms with van der Waals surface area (Å²) in [4.78, 5) is 11.4. The van der Waals surface area contributed by atoms with E-state index in [1.54, 1.807) is 6.92 Å². The van der Waals surface area contributed by atoms with Gasteiger partial charge >= 0.3 is 0 Å². The molecule has 0 aliphatic heterocycles. The molecule has 94 valence electrons. The minimum Gasteiger partial charge on any atom is -0.319 e. The number of hydrogen-bond acceptors (Lipinski definition) is 2. The van der Waals surface area contributed by atoms with E-state index < -0.39 is 5.54 Å². The normalized spacial score (nSPS) is 14.4. The molecule has 0 rings (SSSR count). The first-order valence-electron chi connectivity index (χ1n) is 6.50. The third-order valence-corrected chi connectivity index (χ3v) is 3.05. The maximum absolute atomic E-state index is 11.4. The molecule has 0 heterocycles. The van der Waals surface area contributed by atoms with Gasteiger partial charge in [0.05, 0.1) is 5.54 Å². The summed E-state index contributed by atoms with van der Waals surface area (Å²) in [5.74, 6) is -0.0431. The van der Waals surface area contributed by atoms with Gasteiger partial charge in [-0.15, -0.1) is 0 Å². The highest BCUT2D eigenvalue weighted by Crippen LogP contribution is 2.15. The Hall–Kier alpha value is -0.630. The van der Waals surface area contributed by atoms with E-state index in [0.29, 0.717) is 0 Å². The molecule has 0 saturated carbocycles. The Morgan fingerprint density at radius 1 is 1.19 bits per heavy atom. The van der Waals surface area contributed by atoms with Crippen molar-refractivity contribution in [2.75, 3.05) is 0 Å². The number of nitrogens with two attached hydrogens (primary N) is 1. The van der Waals surface area contributed by atoms with Crippen LogP contribution in [0.3, 0.4) is 0 Å². The van der Waals surface area contributed by atoms with Crippen LogP contribution in [0.25, 0.3) is 0 Å². The molecule has 0 aliphatic carbocycles. The molecule has 2 N–H and O–H groups in total. The Kier molecular flexibility index (Phi) is 8.18. The van der Waals surface area contributed by atoms with Crippen molar-refractivity contribution in [3.8, 4) is 0 Å². The predicted molar refractivity (Wildman–Crippen MR) is 70.4 cm³/mol. The summed E-state index contributed by atoms with van der Waals surface area (Å²) < 4.78 is 0.